The molecule has 3 N–H and O–H groups in total. The smallest absolute Gasteiger partial charge is 0.325 e. The van der Waals surface area contributed by atoms with Gasteiger partial charge >= 0.3 is 5.97 Å². The summed E-state index contributed by atoms with van der Waals surface area (Å²) in [5.74, 6) is -0.330. The molecule has 1 atom stereocenters. The molecule has 1 saturated heterocycles. The van der Waals surface area contributed by atoms with E-state index in [9.17, 15) is 4.79 Å². The zero-order valence-electron chi connectivity index (χ0n) is 6.18. The van der Waals surface area contributed by atoms with Crippen LogP contribution in [-0.4, -0.2) is 24.3 Å². The van der Waals surface area contributed by atoms with Crippen LogP contribution < -0.4 is 11.1 Å². The maximum atomic E-state index is 10.8. The van der Waals surface area contributed by atoms with Crippen molar-refractivity contribution in [2.75, 3.05) is 6.54 Å². The van der Waals surface area contributed by atoms with E-state index in [1.165, 1.54) is 0 Å². The number of ether oxygens (including phenoxy) is 1. The molecule has 1 unspecified atom stereocenters. The van der Waals surface area contributed by atoms with Crippen molar-refractivity contribution in [2.45, 2.75) is 25.6 Å². The predicted molar refractivity (Wildman–Crippen MR) is 36.1 cm³/mol. The standard InChI is InChI=1S/C6H12N2O2/c1-6(2)8-3-4(7)5(9)10-6/h4,8H,3,7H2,1-2H3. The Labute approximate surface area is 59.7 Å². The van der Waals surface area contributed by atoms with Crippen molar-refractivity contribution < 1.29 is 9.53 Å². The Balaban J connectivity index is 2.57. The van der Waals surface area contributed by atoms with E-state index in [1.54, 1.807) is 13.8 Å². The molecule has 0 spiro atoms. The molecule has 1 aliphatic rings. The molecule has 0 aromatic rings. The van der Waals surface area contributed by atoms with Crippen LogP contribution in [0, 0.1) is 0 Å². The van der Waals surface area contributed by atoms with Crippen molar-refractivity contribution in [3.05, 3.63) is 0 Å². The Morgan fingerprint density at radius 2 is 2.40 bits per heavy atom. The van der Waals surface area contributed by atoms with Crippen molar-refractivity contribution >= 4 is 5.97 Å². The van der Waals surface area contributed by atoms with Crippen LogP contribution in [0.5, 0.6) is 0 Å². The van der Waals surface area contributed by atoms with Gasteiger partial charge in [-0.3, -0.25) is 10.1 Å². The Kier molecular flexibility index (Phi) is 1.66. The first-order valence-electron chi connectivity index (χ1n) is 3.25. The van der Waals surface area contributed by atoms with Gasteiger partial charge in [-0.25, -0.2) is 0 Å². The Hall–Kier alpha value is -0.610. The second kappa shape index (κ2) is 2.21. The molecule has 1 rings (SSSR count). The lowest BCUT2D eigenvalue weighted by atomic mass is 10.2. The summed E-state index contributed by atoms with van der Waals surface area (Å²) in [6.07, 6.45) is 0. The first-order valence-corrected chi connectivity index (χ1v) is 3.25. The van der Waals surface area contributed by atoms with Crippen LogP contribution in [0.3, 0.4) is 0 Å². The summed E-state index contributed by atoms with van der Waals surface area (Å²) in [6, 6.07) is -0.506. The summed E-state index contributed by atoms with van der Waals surface area (Å²) in [6.45, 7) is 4.07. The fourth-order valence-corrected chi connectivity index (χ4v) is 0.802. The summed E-state index contributed by atoms with van der Waals surface area (Å²) in [7, 11) is 0. The van der Waals surface area contributed by atoms with E-state index < -0.39 is 11.8 Å². The second-order valence-electron chi connectivity index (χ2n) is 2.92. The number of hydrogen-bond acceptors (Lipinski definition) is 4. The van der Waals surface area contributed by atoms with Crippen LogP contribution in [0.2, 0.25) is 0 Å². The van der Waals surface area contributed by atoms with Gasteiger partial charge in [0.15, 0.2) is 5.72 Å². The van der Waals surface area contributed by atoms with Crippen molar-refractivity contribution in [3.63, 3.8) is 0 Å². The second-order valence-corrected chi connectivity index (χ2v) is 2.92. The summed E-state index contributed by atoms with van der Waals surface area (Å²) >= 11 is 0. The lowest BCUT2D eigenvalue weighted by Gasteiger charge is -2.33. The first kappa shape index (κ1) is 7.50. The predicted octanol–water partition coefficient (Wildman–Crippen LogP) is -0.804. The number of carbonyl (C=O) groups excluding carboxylic acids is 1. The molecular formula is C6H12N2O2. The van der Waals surface area contributed by atoms with Gasteiger partial charge in [0.1, 0.15) is 6.04 Å². The van der Waals surface area contributed by atoms with Gasteiger partial charge in [0.2, 0.25) is 0 Å². The van der Waals surface area contributed by atoms with Gasteiger partial charge in [-0.2, -0.15) is 0 Å². The van der Waals surface area contributed by atoms with Gasteiger partial charge in [0.05, 0.1) is 0 Å². The molecule has 1 fully saturated rings. The molecule has 0 aliphatic carbocycles. The molecule has 1 aliphatic heterocycles. The summed E-state index contributed by atoms with van der Waals surface area (Å²) in [5.41, 5.74) is 4.81. The Morgan fingerprint density at radius 3 is 2.80 bits per heavy atom. The highest BCUT2D eigenvalue weighted by Gasteiger charge is 2.31. The van der Waals surface area contributed by atoms with E-state index >= 15 is 0 Å². The molecule has 0 saturated carbocycles. The van der Waals surface area contributed by atoms with Crippen LogP contribution in [0.15, 0.2) is 0 Å². The van der Waals surface area contributed by atoms with E-state index in [1.807, 2.05) is 0 Å². The maximum absolute atomic E-state index is 10.8. The van der Waals surface area contributed by atoms with Crippen LogP contribution >= 0.6 is 0 Å². The lowest BCUT2D eigenvalue weighted by Crippen LogP contribution is -2.58. The molecule has 0 amide bonds. The maximum Gasteiger partial charge on any atom is 0.325 e. The van der Waals surface area contributed by atoms with E-state index in [0.717, 1.165) is 0 Å². The molecule has 0 aromatic heterocycles. The lowest BCUT2D eigenvalue weighted by molar-refractivity contribution is -0.167. The summed E-state index contributed by atoms with van der Waals surface area (Å²) in [4.78, 5) is 10.8. The van der Waals surface area contributed by atoms with Gasteiger partial charge in [-0.1, -0.05) is 0 Å². The Bertz CT molecular complexity index is 156. The molecule has 0 radical (unpaired) electrons. The number of carbonyl (C=O) groups is 1. The number of cyclic esters (lactones) is 1. The fraction of sp³-hybridized carbons (Fsp3) is 0.833. The number of rotatable bonds is 0. The normalized spacial score (nSPS) is 31.5. The molecule has 10 heavy (non-hydrogen) atoms. The SMILES string of the molecule is CC1(C)NCC(N)C(=O)O1. The van der Waals surface area contributed by atoms with Crippen molar-refractivity contribution in [1.82, 2.24) is 5.32 Å². The van der Waals surface area contributed by atoms with E-state index in [0.29, 0.717) is 6.54 Å². The first-order chi connectivity index (χ1) is 4.51. The van der Waals surface area contributed by atoms with Crippen LogP contribution in [0.25, 0.3) is 0 Å². The molecule has 4 heteroatoms. The third-order valence-corrected chi connectivity index (χ3v) is 1.41. The zero-order valence-corrected chi connectivity index (χ0v) is 6.18. The van der Waals surface area contributed by atoms with Crippen LogP contribution in [-0.2, 0) is 9.53 Å². The monoisotopic (exact) mass is 144 g/mol. The van der Waals surface area contributed by atoms with Gasteiger partial charge in [0, 0.05) is 6.54 Å². The number of nitrogens with one attached hydrogen (secondary N) is 1. The number of hydrogen-bond donors (Lipinski definition) is 2. The highest BCUT2D eigenvalue weighted by atomic mass is 16.6. The molecule has 4 nitrogen and oxygen atoms in total. The highest BCUT2D eigenvalue weighted by Crippen LogP contribution is 2.09. The minimum Gasteiger partial charge on any atom is -0.443 e. The third-order valence-electron chi connectivity index (χ3n) is 1.41. The van der Waals surface area contributed by atoms with Gasteiger partial charge < -0.3 is 10.5 Å². The zero-order chi connectivity index (χ0) is 7.78. The molecule has 58 valence electrons. The highest BCUT2D eigenvalue weighted by molar-refractivity contribution is 5.76. The average molecular weight is 144 g/mol. The molecule has 0 bridgehead atoms. The molecule has 0 aromatic carbocycles. The average Bonchev–Trinajstić information content (AvgIpc) is 1.79. The fourth-order valence-electron chi connectivity index (χ4n) is 0.802. The number of esters is 1. The summed E-state index contributed by atoms with van der Waals surface area (Å²) in [5, 5.41) is 2.97. The van der Waals surface area contributed by atoms with Gasteiger partial charge in [0.25, 0.3) is 0 Å². The van der Waals surface area contributed by atoms with Crippen LogP contribution in [0.1, 0.15) is 13.8 Å². The van der Waals surface area contributed by atoms with E-state index in [2.05, 4.69) is 5.32 Å². The van der Waals surface area contributed by atoms with Crippen LogP contribution in [0.4, 0.5) is 0 Å². The molecular weight excluding hydrogens is 132 g/mol. The minimum atomic E-state index is -0.549. The third kappa shape index (κ3) is 1.46. The van der Waals surface area contributed by atoms with Crippen molar-refractivity contribution in [3.8, 4) is 0 Å². The van der Waals surface area contributed by atoms with E-state index in [-0.39, 0.29) is 5.97 Å². The topological polar surface area (TPSA) is 64.3 Å². The van der Waals surface area contributed by atoms with Gasteiger partial charge in [-0.15, -0.1) is 0 Å². The largest absolute Gasteiger partial charge is 0.443 e. The van der Waals surface area contributed by atoms with Crippen molar-refractivity contribution in [1.29, 1.82) is 0 Å². The van der Waals surface area contributed by atoms with E-state index in [4.69, 9.17) is 10.5 Å². The Morgan fingerprint density at radius 1 is 1.80 bits per heavy atom. The number of nitrogens with two attached hydrogens (primary N) is 1. The minimum absolute atomic E-state index is 0.330. The van der Waals surface area contributed by atoms with Crippen molar-refractivity contribution in [2.24, 2.45) is 5.73 Å². The van der Waals surface area contributed by atoms with Gasteiger partial charge in [-0.05, 0) is 13.8 Å². The molecule has 1 heterocycles. The summed E-state index contributed by atoms with van der Waals surface area (Å²) < 4.78 is 4.91. The quantitative estimate of drug-likeness (QED) is 0.437.